The van der Waals surface area contributed by atoms with Crippen LogP contribution in [-0.4, -0.2) is 118 Å². The SMILES string of the molecule is COc1c2c(cc3oc(C)cc(=O)c13)O[C@H](C(C)(C)O[C@@H]1OC(CO[C@@H]3OCC(O)(CO)[C@@H]3O)[C@@H](O)[C@@H](O)C1O)C2. The third kappa shape index (κ3) is 5.33. The van der Waals surface area contributed by atoms with Crippen LogP contribution in [0.25, 0.3) is 11.0 Å². The van der Waals surface area contributed by atoms with Crippen molar-refractivity contribution < 1.29 is 63.5 Å². The summed E-state index contributed by atoms with van der Waals surface area (Å²) in [6.45, 7) is 3.51. The van der Waals surface area contributed by atoms with E-state index in [0.717, 1.165) is 0 Å². The highest BCUT2D eigenvalue weighted by atomic mass is 16.7. The molecule has 5 rings (SSSR count). The molecule has 3 aliphatic rings. The summed E-state index contributed by atoms with van der Waals surface area (Å²) >= 11 is 0. The summed E-state index contributed by atoms with van der Waals surface area (Å²) in [6.07, 6.45) is -10.8. The zero-order chi connectivity index (χ0) is 29.9. The van der Waals surface area contributed by atoms with Crippen LogP contribution in [0.4, 0.5) is 0 Å². The standard InChI is InChI=1S/C27H36O14/c1-11-5-13(29)18-15(38-11)7-14-12(22(18)35-4)6-17(39-14)26(2,3)41-24-21(32)20(31)19(30)16(40-24)8-36-25-23(33)27(34,9-28)10-37-25/h5,7,16-17,19-21,23-25,28,30-34H,6,8-10H2,1-4H3/t16?,17-,19+,20+,21?,23+,24-,25+,27?/m0/s1. The summed E-state index contributed by atoms with van der Waals surface area (Å²) in [6, 6.07) is 3.00. The maximum absolute atomic E-state index is 12.7. The number of benzene rings is 1. The largest absolute Gasteiger partial charge is 0.495 e. The van der Waals surface area contributed by atoms with E-state index in [2.05, 4.69) is 0 Å². The Morgan fingerprint density at radius 1 is 1.10 bits per heavy atom. The average Bonchev–Trinajstić information content (AvgIpc) is 3.48. The molecule has 0 bridgehead atoms. The lowest BCUT2D eigenvalue weighted by Gasteiger charge is -2.44. The van der Waals surface area contributed by atoms with Crippen LogP contribution in [0.1, 0.15) is 25.2 Å². The summed E-state index contributed by atoms with van der Waals surface area (Å²) < 4.78 is 40.0. The Balaban J connectivity index is 1.30. The number of fused-ring (bicyclic) bond motifs is 2. The summed E-state index contributed by atoms with van der Waals surface area (Å²) in [5.74, 6) is 1.21. The van der Waals surface area contributed by atoms with Crippen molar-refractivity contribution in [2.24, 2.45) is 0 Å². The molecule has 0 radical (unpaired) electrons. The van der Waals surface area contributed by atoms with E-state index >= 15 is 0 Å². The Morgan fingerprint density at radius 2 is 1.83 bits per heavy atom. The van der Waals surface area contributed by atoms with Crippen LogP contribution >= 0.6 is 0 Å². The average molecular weight is 585 g/mol. The number of aliphatic hydroxyl groups is 6. The molecule has 41 heavy (non-hydrogen) atoms. The number of rotatable bonds is 8. The second-order valence-corrected chi connectivity index (χ2v) is 11.2. The zero-order valence-corrected chi connectivity index (χ0v) is 23.1. The lowest BCUT2D eigenvalue weighted by atomic mass is 9.94. The first kappa shape index (κ1) is 30.1. The van der Waals surface area contributed by atoms with Gasteiger partial charge >= 0.3 is 0 Å². The lowest BCUT2D eigenvalue weighted by Crippen LogP contribution is -2.61. The second kappa shape index (κ2) is 11.0. The predicted molar refractivity (Wildman–Crippen MR) is 137 cm³/mol. The Hall–Kier alpha value is -2.37. The van der Waals surface area contributed by atoms with Crippen LogP contribution in [0.15, 0.2) is 21.3 Å². The topological polar surface area (TPSA) is 207 Å². The molecule has 2 saturated heterocycles. The molecule has 0 amide bonds. The molecule has 14 nitrogen and oxygen atoms in total. The molecule has 9 atom stereocenters. The maximum atomic E-state index is 12.7. The first-order valence-electron chi connectivity index (χ1n) is 13.2. The Morgan fingerprint density at radius 3 is 2.49 bits per heavy atom. The zero-order valence-electron chi connectivity index (χ0n) is 23.1. The number of aryl methyl sites for hydroxylation is 1. The van der Waals surface area contributed by atoms with Gasteiger partial charge in [-0.3, -0.25) is 4.79 Å². The molecule has 1 aromatic heterocycles. The van der Waals surface area contributed by atoms with Gasteiger partial charge in [0.15, 0.2) is 18.0 Å². The van der Waals surface area contributed by atoms with Gasteiger partial charge in [0, 0.05) is 24.1 Å². The molecule has 0 aliphatic carbocycles. The molecule has 0 saturated carbocycles. The van der Waals surface area contributed by atoms with Crippen molar-refractivity contribution in [2.75, 3.05) is 26.9 Å². The Kier molecular flexibility index (Phi) is 8.10. The summed E-state index contributed by atoms with van der Waals surface area (Å²) in [7, 11) is 1.45. The van der Waals surface area contributed by atoms with E-state index in [0.29, 0.717) is 33.8 Å². The third-order valence-electron chi connectivity index (χ3n) is 7.89. The lowest BCUT2D eigenvalue weighted by molar-refractivity contribution is -0.335. The van der Waals surface area contributed by atoms with Gasteiger partial charge in [0.2, 0.25) is 0 Å². The summed E-state index contributed by atoms with van der Waals surface area (Å²) in [5, 5.41) is 61.6. The van der Waals surface area contributed by atoms with Gasteiger partial charge in [-0.1, -0.05) is 0 Å². The molecule has 6 N–H and O–H groups in total. The number of aliphatic hydroxyl groups excluding tert-OH is 5. The van der Waals surface area contributed by atoms with Gasteiger partial charge in [0.1, 0.15) is 76.1 Å². The maximum Gasteiger partial charge on any atom is 0.196 e. The molecule has 1 aromatic carbocycles. The molecule has 14 heteroatoms. The van der Waals surface area contributed by atoms with Gasteiger partial charge in [-0.2, -0.15) is 0 Å². The molecule has 4 heterocycles. The molecule has 0 spiro atoms. The minimum Gasteiger partial charge on any atom is -0.495 e. The van der Waals surface area contributed by atoms with Crippen LogP contribution in [-0.2, 0) is 25.4 Å². The minimum absolute atomic E-state index is 0.251. The van der Waals surface area contributed by atoms with Crippen molar-refractivity contribution in [1.29, 1.82) is 0 Å². The van der Waals surface area contributed by atoms with E-state index in [-0.39, 0.29) is 18.5 Å². The van der Waals surface area contributed by atoms with Crippen LogP contribution in [0.2, 0.25) is 0 Å². The van der Waals surface area contributed by atoms with Crippen molar-refractivity contribution in [3.05, 3.63) is 33.7 Å². The molecular weight excluding hydrogens is 548 g/mol. The first-order valence-corrected chi connectivity index (χ1v) is 13.2. The molecule has 2 fully saturated rings. The van der Waals surface area contributed by atoms with E-state index in [4.69, 9.17) is 32.8 Å². The van der Waals surface area contributed by atoms with E-state index in [1.165, 1.54) is 13.2 Å². The van der Waals surface area contributed by atoms with Gasteiger partial charge in [-0.05, 0) is 20.8 Å². The fourth-order valence-corrected chi connectivity index (χ4v) is 5.37. The van der Waals surface area contributed by atoms with Gasteiger partial charge < -0.3 is 63.5 Å². The highest BCUT2D eigenvalue weighted by Crippen LogP contribution is 2.44. The van der Waals surface area contributed by atoms with E-state index < -0.39 is 73.6 Å². The third-order valence-corrected chi connectivity index (χ3v) is 7.89. The van der Waals surface area contributed by atoms with Gasteiger partial charge in [0.25, 0.3) is 0 Å². The van der Waals surface area contributed by atoms with Crippen molar-refractivity contribution >= 4 is 11.0 Å². The predicted octanol–water partition coefficient (Wildman–Crippen LogP) is -1.53. The van der Waals surface area contributed by atoms with Crippen molar-refractivity contribution in [3.8, 4) is 11.5 Å². The normalized spacial score (nSPS) is 35.5. The number of hydrogen-bond donors (Lipinski definition) is 6. The monoisotopic (exact) mass is 584 g/mol. The molecule has 3 aliphatic heterocycles. The summed E-state index contributed by atoms with van der Waals surface area (Å²) in [5.41, 5.74) is -2.35. The summed E-state index contributed by atoms with van der Waals surface area (Å²) in [4.78, 5) is 12.7. The Labute approximate surface area is 234 Å². The number of methoxy groups -OCH3 is 1. The van der Waals surface area contributed by atoms with E-state index in [9.17, 15) is 35.4 Å². The van der Waals surface area contributed by atoms with Crippen molar-refractivity contribution in [1.82, 2.24) is 0 Å². The molecular formula is C27H36O14. The van der Waals surface area contributed by atoms with Gasteiger partial charge in [0.05, 0.1) is 26.9 Å². The fraction of sp³-hybridized carbons (Fsp3) is 0.667. The fourth-order valence-electron chi connectivity index (χ4n) is 5.37. The van der Waals surface area contributed by atoms with Crippen molar-refractivity contribution in [3.63, 3.8) is 0 Å². The first-order chi connectivity index (χ1) is 19.3. The smallest absolute Gasteiger partial charge is 0.196 e. The quantitative estimate of drug-likeness (QED) is 0.208. The number of ether oxygens (including phenoxy) is 6. The molecule has 228 valence electrons. The minimum atomic E-state index is -1.91. The van der Waals surface area contributed by atoms with Crippen LogP contribution in [0.3, 0.4) is 0 Å². The van der Waals surface area contributed by atoms with Gasteiger partial charge in [-0.15, -0.1) is 0 Å². The van der Waals surface area contributed by atoms with Crippen molar-refractivity contribution in [2.45, 2.75) is 87.6 Å². The Bertz CT molecular complexity index is 1330. The second-order valence-electron chi connectivity index (χ2n) is 11.2. The molecule has 3 unspecified atom stereocenters. The van der Waals surface area contributed by atoms with Crippen LogP contribution in [0.5, 0.6) is 11.5 Å². The van der Waals surface area contributed by atoms with Crippen LogP contribution < -0.4 is 14.9 Å². The number of hydrogen-bond acceptors (Lipinski definition) is 14. The highest BCUT2D eigenvalue weighted by Gasteiger charge is 2.51. The molecule has 2 aromatic rings. The highest BCUT2D eigenvalue weighted by molar-refractivity contribution is 5.87. The van der Waals surface area contributed by atoms with E-state index in [1.807, 2.05) is 0 Å². The van der Waals surface area contributed by atoms with Crippen LogP contribution in [0, 0.1) is 6.92 Å². The van der Waals surface area contributed by atoms with E-state index in [1.54, 1.807) is 26.8 Å². The van der Waals surface area contributed by atoms with Gasteiger partial charge in [-0.25, -0.2) is 0 Å².